The van der Waals surface area contributed by atoms with Crippen LogP contribution in [0.2, 0.25) is 10.2 Å². The number of nitrogens with zero attached hydrogens (tertiary/aromatic N) is 1. The highest BCUT2D eigenvalue weighted by atomic mass is 35.5. The lowest BCUT2D eigenvalue weighted by molar-refractivity contribution is 0.591. The molecule has 0 saturated carbocycles. The van der Waals surface area contributed by atoms with Gasteiger partial charge in [-0.1, -0.05) is 23.2 Å². The molecule has 44 valence electrons. The fourth-order valence-electron chi connectivity index (χ4n) is 0.286. The number of hydrogen-bond donors (Lipinski definition) is 0. The fourth-order valence-corrected chi connectivity index (χ4v) is 1.53. The largest absolute Gasteiger partial charge is 0.569 e. The van der Waals surface area contributed by atoms with Gasteiger partial charge in [-0.05, 0) is 4.37 Å². The Hall–Kier alpha value is 0.170. The lowest BCUT2D eigenvalue weighted by atomic mass is 10.8. The van der Waals surface area contributed by atoms with E-state index >= 15 is 0 Å². The van der Waals surface area contributed by atoms with Crippen LogP contribution in [-0.2, 0) is 0 Å². The van der Waals surface area contributed by atoms with E-state index in [1.165, 1.54) is 5.38 Å². The quantitative estimate of drug-likeness (QED) is 0.559. The smallest absolute Gasteiger partial charge is 0.208 e. The summed E-state index contributed by atoms with van der Waals surface area (Å²) >= 11 is 10.7. The predicted octanol–water partition coefficient (Wildman–Crippen LogP) is 2.12. The van der Waals surface area contributed by atoms with Crippen LogP contribution in [0.4, 0.5) is 0 Å². The predicted molar refractivity (Wildman–Crippen MR) is 32.9 cm³/mol. The molecule has 0 bridgehead atoms. The van der Waals surface area contributed by atoms with E-state index in [4.69, 9.17) is 23.2 Å². The first-order chi connectivity index (χ1) is 3.70. The second-order valence-electron chi connectivity index (χ2n) is 1.12. The van der Waals surface area contributed by atoms with Crippen molar-refractivity contribution in [3.63, 3.8) is 0 Å². The molecule has 0 saturated heterocycles. The summed E-state index contributed by atoms with van der Waals surface area (Å²) in [7, 11) is -1.32. The van der Waals surface area contributed by atoms with Gasteiger partial charge in [-0.15, -0.1) is 0 Å². The maximum atomic E-state index is 10.3. The van der Waals surface area contributed by atoms with Gasteiger partial charge in [-0.3, -0.25) is 0 Å². The van der Waals surface area contributed by atoms with Gasteiger partial charge in [0.2, 0.25) is 5.15 Å². The van der Waals surface area contributed by atoms with Gasteiger partial charge < -0.3 is 4.55 Å². The number of aromatic nitrogens is 1. The van der Waals surface area contributed by atoms with Crippen molar-refractivity contribution < 1.29 is 4.55 Å². The van der Waals surface area contributed by atoms with Gasteiger partial charge in [0.15, 0.2) is 5.38 Å². The molecular formula is C3HCl2NOS. The molecule has 1 atom stereocenters. The molecule has 0 aliphatic heterocycles. The molecule has 0 spiro atoms. The summed E-state index contributed by atoms with van der Waals surface area (Å²) < 4.78 is 13.7. The van der Waals surface area contributed by atoms with Crippen LogP contribution in [0.25, 0.3) is 0 Å². The van der Waals surface area contributed by atoms with Crippen molar-refractivity contribution in [2.24, 2.45) is 0 Å². The third-order valence-electron chi connectivity index (χ3n) is 0.571. The van der Waals surface area contributed by atoms with E-state index in [1.54, 1.807) is 0 Å². The molecule has 0 fully saturated rings. The zero-order valence-electron chi connectivity index (χ0n) is 3.60. The Bertz CT molecular complexity index is 180. The average Bonchev–Trinajstić information content (AvgIpc) is 1.85. The van der Waals surface area contributed by atoms with Gasteiger partial charge in [-0.25, -0.2) is 0 Å². The summed E-state index contributed by atoms with van der Waals surface area (Å²) in [5.74, 6) is 0. The van der Waals surface area contributed by atoms with Gasteiger partial charge in [-0.2, -0.15) is 0 Å². The molecule has 0 aliphatic rings. The Morgan fingerprint density at radius 2 is 2.25 bits per heavy atom. The van der Waals surface area contributed by atoms with E-state index < -0.39 is 10.9 Å². The van der Waals surface area contributed by atoms with E-state index in [0.717, 1.165) is 0 Å². The van der Waals surface area contributed by atoms with Gasteiger partial charge in [0.25, 0.3) is 0 Å². The number of halogens is 2. The van der Waals surface area contributed by atoms with Crippen molar-refractivity contribution >= 4 is 34.1 Å². The highest BCUT2D eigenvalue weighted by Gasteiger charge is 2.05. The van der Waals surface area contributed by atoms with Crippen molar-refractivity contribution in [2.45, 2.75) is 0 Å². The van der Waals surface area contributed by atoms with E-state index in [1.807, 2.05) is 0 Å². The van der Waals surface area contributed by atoms with Crippen LogP contribution in [-0.4, -0.2) is 8.93 Å². The third-order valence-corrected chi connectivity index (χ3v) is 2.27. The Morgan fingerprint density at radius 3 is 2.38 bits per heavy atom. The fraction of sp³-hybridized carbons (Fsp3) is 0. The van der Waals surface area contributed by atoms with Crippen molar-refractivity contribution in [3.05, 3.63) is 15.6 Å². The minimum Gasteiger partial charge on any atom is -0.569 e. The third kappa shape index (κ3) is 1.11. The molecule has 1 rings (SSSR count). The lowest BCUT2D eigenvalue weighted by Crippen LogP contribution is -1.57. The molecule has 0 aliphatic carbocycles. The van der Waals surface area contributed by atoms with Crippen molar-refractivity contribution in [1.82, 2.24) is 4.37 Å². The first-order valence-electron chi connectivity index (χ1n) is 1.73. The highest BCUT2D eigenvalue weighted by Crippen LogP contribution is 2.25. The van der Waals surface area contributed by atoms with Gasteiger partial charge >= 0.3 is 0 Å². The minimum atomic E-state index is -1.32. The molecule has 0 aromatic carbocycles. The van der Waals surface area contributed by atoms with E-state index in [-0.39, 0.29) is 10.2 Å². The average molecular weight is 170 g/mol. The zero-order chi connectivity index (χ0) is 6.15. The second-order valence-corrected chi connectivity index (χ2v) is 2.86. The topological polar surface area (TPSA) is 36.0 Å². The maximum absolute atomic E-state index is 10.3. The molecular weight excluding hydrogens is 169 g/mol. The molecule has 8 heavy (non-hydrogen) atoms. The van der Waals surface area contributed by atoms with Crippen LogP contribution in [0, 0.1) is 0 Å². The monoisotopic (exact) mass is 169 g/mol. The van der Waals surface area contributed by atoms with Crippen LogP contribution in [0.5, 0.6) is 0 Å². The summed E-state index contributed by atoms with van der Waals surface area (Å²) in [6.07, 6.45) is 0. The Labute approximate surface area is 59.0 Å². The molecule has 2 nitrogen and oxygen atoms in total. The summed E-state index contributed by atoms with van der Waals surface area (Å²) in [6, 6.07) is 0. The summed E-state index contributed by atoms with van der Waals surface area (Å²) in [5.41, 5.74) is 0. The zero-order valence-corrected chi connectivity index (χ0v) is 5.93. The summed E-state index contributed by atoms with van der Waals surface area (Å²) in [5, 5.41) is 1.68. The van der Waals surface area contributed by atoms with Crippen molar-refractivity contribution in [3.8, 4) is 0 Å². The van der Waals surface area contributed by atoms with Gasteiger partial charge in [0.1, 0.15) is 5.02 Å². The SMILES string of the molecule is [O-][s+]1cc(Cl)c(Cl)n1. The molecule has 1 unspecified atom stereocenters. The molecule has 0 amide bonds. The summed E-state index contributed by atoms with van der Waals surface area (Å²) in [6.45, 7) is 0. The maximum Gasteiger partial charge on any atom is 0.208 e. The summed E-state index contributed by atoms with van der Waals surface area (Å²) in [4.78, 5) is 0. The van der Waals surface area contributed by atoms with Crippen LogP contribution >= 0.6 is 34.1 Å². The van der Waals surface area contributed by atoms with Crippen molar-refractivity contribution in [2.75, 3.05) is 0 Å². The van der Waals surface area contributed by atoms with Crippen molar-refractivity contribution in [1.29, 1.82) is 0 Å². The highest BCUT2D eigenvalue weighted by molar-refractivity contribution is 7.18. The Kier molecular flexibility index (Phi) is 1.72. The van der Waals surface area contributed by atoms with Crippen LogP contribution in [0.15, 0.2) is 5.38 Å². The molecule has 1 aromatic rings. The molecule has 1 aromatic heterocycles. The first kappa shape index (κ1) is 6.29. The van der Waals surface area contributed by atoms with Crippen LogP contribution in [0.3, 0.4) is 0 Å². The van der Waals surface area contributed by atoms with Crippen LogP contribution < -0.4 is 0 Å². The first-order valence-corrected chi connectivity index (χ1v) is 3.65. The lowest BCUT2D eigenvalue weighted by Gasteiger charge is -1.72. The normalized spacial score (nSPS) is 12.1. The van der Waals surface area contributed by atoms with E-state index in [9.17, 15) is 4.55 Å². The molecule has 0 N–H and O–H groups in total. The van der Waals surface area contributed by atoms with Gasteiger partial charge in [0.05, 0.1) is 10.9 Å². The Balaban J connectivity index is 3.14. The molecule has 5 heteroatoms. The molecule has 0 radical (unpaired) electrons. The van der Waals surface area contributed by atoms with Crippen LogP contribution in [0.1, 0.15) is 0 Å². The van der Waals surface area contributed by atoms with E-state index in [0.29, 0.717) is 0 Å². The van der Waals surface area contributed by atoms with E-state index in [2.05, 4.69) is 4.37 Å². The standard InChI is InChI=1S/C3HCl2NOS/c4-2-1-8(7)6-3(2)5/h1H. The molecule has 1 heterocycles. The number of rotatable bonds is 0. The Morgan fingerprint density at radius 1 is 1.62 bits per heavy atom. The minimum absolute atomic E-state index is 0.130. The van der Waals surface area contributed by atoms with Gasteiger partial charge in [0, 0.05) is 0 Å². The number of hydrogen-bond acceptors (Lipinski definition) is 2. The second kappa shape index (κ2) is 2.19.